The summed E-state index contributed by atoms with van der Waals surface area (Å²) in [7, 11) is 1.26. The van der Waals surface area contributed by atoms with Crippen molar-refractivity contribution in [3.8, 4) is 0 Å². The fourth-order valence-corrected chi connectivity index (χ4v) is 2.36. The molecule has 0 saturated carbocycles. The van der Waals surface area contributed by atoms with Crippen LogP contribution in [0.4, 0.5) is 14.5 Å². The van der Waals surface area contributed by atoms with Crippen LogP contribution in [0.5, 0.6) is 0 Å². The molecule has 0 fully saturated rings. The Morgan fingerprint density at radius 1 is 1.20 bits per heavy atom. The molecule has 0 saturated heterocycles. The van der Waals surface area contributed by atoms with Gasteiger partial charge >= 0.3 is 5.97 Å². The summed E-state index contributed by atoms with van der Waals surface area (Å²) in [4.78, 5) is 23.8. The van der Waals surface area contributed by atoms with Crippen LogP contribution >= 0.6 is 0 Å². The van der Waals surface area contributed by atoms with E-state index in [2.05, 4.69) is 10.1 Å². The number of halogens is 2. The van der Waals surface area contributed by atoms with Gasteiger partial charge in [-0.05, 0) is 31.2 Å². The third-order valence-corrected chi connectivity index (χ3v) is 3.72. The Kier molecular flexibility index (Phi) is 6.19. The molecule has 0 bridgehead atoms. The van der Waals surface area contributed by atoms with Gasteiger partial charge in [0.25, 0.3) is 5.91 Å². The molecule has 132 valence electrons. The maximum atomic E-state index is 13.7. The van der Waals surface area contributed by atoms with Gasteiger partial charge in [-0.25, -0.2) is 13.6 Å². The second-order valence-electron chi connectivity index (χ2n) is 5.48. The van der Waals surface area contributed by atoms with Gasteiger partial charge in [0.15, 0.2) is 6.54 Å². The molecule has 0 unspecified atom stereocenters. The second-order valence-corrected chi connectivity index (χ2v) is 5.48. The monoisotopic (exact) mass is 349 g/mol. The summed E-state index contributed by atoms with van der Waals surface area (Å²) in [6.07, 6.45) is 0. The third-order valence-electron chi connectivity index (χ3n) is 3.72. The van der Waals surface area contributed by atoms with Crippen molar-refractivity contribution in [2.45, 2.75) is 13.0 Å². The summed E-state index contributed by atoms with van der Waals surface area (Å²) in [5.41, 5.74) is 0.897. The van der Waals surface area contributed by atoms with Crippen LogP contribution in [0.2, 0.25) is 0 Å². The minimum atomic E-state index is -0.653. The van der Waals surface area contributed by atoms with Crippen molar-refractivity contribution in [2.24, 2.45) is 0 Å². The Balaban J connectivity index is 1.98. The lowest BCUT2D eigenvalue weighted by Crippen LogP contribution is -2.86. The van der Waals surface area contributed by atoms with Crippen LogP contribution in [0.3, 0.4) is 0 Å². The molecule has 2 rings (SSSR count). The first-order valence-electron chi connectivity index (χ1n) is 7.68. The number of hydrogen-bond acceptors (Lipinski definition) is 3. The number of para-hydroxylation sites is 1. The van der Waals surface area contributed by atoms with Crippen LogP contribution < -0.4 is 10.6 Å². The molecule has 25 heavy (non-hydrogen) atoms. The van der Waals surface area contributed by atoms with E-state index in [0.29, 0.717) is 11.3 Å². The Hall–Kier alpha value is -2.80. The summed E-state index contributed by atoms with van der Waals surface area (Å²) in [5, 5.41) is 4.25. The Labute approximate surface area is 144 Å². The van der Waals surface area contributed by atoms with Gasteiger partial charge in [-0.2, -0.15) is 0 Å². The maximum absolute atomic E-state index is 13.7. The Morgan fingerprint density at radius 2 is 1.92 bits per heavy atom. The van der Waals surface area contributed by atoms with E-state index < -0.39 is 17.6 Å². The van der Waals surface area contributed by atoms with E-state index in [0.717, 1.165) is 6.07 Å². The number of carbonyl (C=O) groups excluding carboxylic acids is 2. The number of nitrogens with one attached hydrogen (secondary N) is 1. The minimum Gasteiger partial charge on any atom is -0.465 e. The average Bonchev–Trinajstić information content (AvgIpc) is 2.59. The summed E-state index contributed by atoms with van der Waals surface area (Å²) >= 11 is 0. The van der Waals surface area contributed by atoms with Gasteiger partial charge in [-0.3, -0.25) is 4.79 Å². The van der Waals surface area contributed by atoms with E-state index in [-0.39, 0.29) is 24.1 Å². The number of carbonyl (C=O) groups is 2. The molecule has 3 N–H and O–H groups in total. The highest BCUT2D eigenvalue weighted by Gasteiger charge is 2.18. The van der Waals surface area contributed by atoms with Gasteiger partial charge in [0.2, 0.25) is 0 Å². The van der Waals surface area contributed by atoms with Crippen molar-refractivity contribution in [2.75, 3.05) is 19.0 Å². The topological polar surface area (TPSA) is 72.0 Å². The van der Waals surface area contributed by atoms with Crippen molar-refractivity contribution < 1.29 is 28.4 Å². The number of nitrogens with two attached hydrogens (primary N) is 1. The zero-order valence-corrected chi connectivity index (χ0v) is 13.9. The molecule has 7 heteroatoms. The Bertz CT molecular complexity index is 781. The molecule has 0 radical (unpaired) electrons. The predicted octanol–water partition coefficient (Wildman–Crippen LogP) is 2.01. The predicted molar refractivity (Wildman–Crippen MR) is 88.0 cm³/mol. The molecule has 5 nitrogen and oxygen atoms in total. The standard InChI is InChI=1S/C18H18F2N2O3/c1-11(13-8-7-12(19)9-15(13)20)21-10-17(23)22-16-6-4-3-5-14(16)18(24)25-2/h3-9,11,21H,10H2,1-2H3,(H,22,23)/p+1/t11-/m0/s1. The second kappa shape index (κ2) is 8.34. The Morgan fingerprint density at radius 3 is 2.60 bits per heavy atom. The largest absolute Gasteiger partial charge is 0.465 e. The molecular formula is C18H19F2N2O3+. The zero-order chi connectivity index (χ0) is 18.4. The molecule has 0 aromatic heterocycles. The lowest BCUT2D eigenvalue weighted by atomic mass is 10.1. The highest BCUT2D eigenvalue weighted by molar-refractivity contribution is 6.01. The van der Waals surface area contributed by atoms with Crippen molar-refractivity contribution in [1.29, 1.82) is 0 Å². The van der Waals surface area contributed by atoms with E-state index >= 15 is 0 Å². The number of amides is 1. The smallest absolute Gasteiger partial charge is 0.339 e. The fraction of sp³-hybridized carbons (Fsp3) is 0.222. The van der Waals surface area contributed by atoms with E-state index in [1.54, 1.807) is 36.5 Å². The molecule has 0 aliphatic rings. The zero-order valence-electron chi connectivity index (χ0n) is 13.9. The number of anilines is 1. The molecule has 0 spiro atoms. The van der Waals surface area contributed by atoms with Gasteiger partial charge in [-0.15, -0.1) is 0 Å². The van der Waals surface area contributed by atoms with E-state index in [9.17, 15) is 18.4 Å². The summed E-state index contributed by atoms with van der Waals surface area (Å²) in [6.45, 7) is 1.72. The molecule has 2 aromatic carbocycles. The van der Waals surface area contributed by atoms with Crippen LogP contribution in [-0.4, -0.2) is 25.5 Å². The summed E-state index contributed by atoms with van der Waals surface area (Å²) < 4.78 is 31.4. The van der Waals surface area contributed by atoms with Crippen LogP contribution in [0, 0.1) is 11.6 Å². The molecule has 1 atom stereocenters. The van der Waals surface area contributed by atoms with Gasteiger partial charge in [0.1, 0.15) is 17.7 Å². The number of rotatable bonds is 6. The number of hydrogen-bond donors (Lipinski definition) is 2. The number of benzene rings is 2. The normalized spacial score (nSPS) is 11.7. The van der Waals surface area contributed by atoms with E-state index in [1.165, 1.54) is 19.2 Å². The molecule has 1 amide bonds. The molecule has 0 aliphatic heterocycles. The van der Waals surface area contributed by atoms with Crippen LogP contribution in [0.1, 0.15) is 28.9 Å². The third kappa shape index (κ3) is 4.84. The SMILES string of the molecule is COC(=O)c1ccccc1NC(=O)C[NH2+][C@@H](C)c1ccc(F)cc1F. The van der Waals surface area contributed by atoms with E-state index in [4.69, 9.17) is 0 Å². The van der Waals surface area contributed by atoms with Gasteiger partial charge in [-0.1, -0.05) is 12.1 Å². The lowest BCUT2D eigenvalue weighted by Gasteiger charge is -2.13. The van der Waals surface area contributed by atoms with Crippen molar-refractivity contribution in [3.05, 3.63) is 65.2 Å². The molecular weight excluding hydrogens is 330 g/mol. The van der Waals surface area contributed by atoms with Crippen molar-refractivity contribution in [3.63, 3.8) is 0 Å². The lowest BCUT2D eigenvalue weighted by molar-refractivity contribution is -0.682. The number of ether oxygens (including phenoxy) is 1. The first-order valence-corrected chi connectivity index (χ1v) is 7.68. The summed E-state index contributed by atoms with van der Waals surface area (Å²) in [6, 6.07) is 9.45. The van der Waals surface area contributed by atoms with Crippen LogP contribution in [0.15, 0.2) is 42.5 Å². The number of esters is 1. The number of quaternary nitrogens is 1. The molecule has 0 heterocycles. The fourth-order valence-electron chi connectivity index (χ4n) is 2.36. The van der Waals surface area contributed by atoms with Gasteiger partial charge in [0, 0.05) is 11.6 Å². The van der Waals surface area contributed by atoms with Crippen molar-refractivity contribution in [1.82, 2.24) is 0 Å². The first kappa shape index (κ1) is 18.5. The van der Waals surface area contributed by atoms with Crippen molar-refractivity contribution >= 4 is 17.6 Å². The number of methoxy groups -OCH3 is 1. The first-order chi connectivity index (χ1) is 11.9. The van der Waals surface area contributed by atoms with Gasteiger partial charge in [0.05, 0.1) is 18.4 Å². The highest BCUT2D eigenvalue weighted by Crippen LogP contribution is 2.16. The average molecular weight is 349 g/mol. The molecule has 2 aromatic rings. The minimum absolute atomic E-state index is 0.00743. The highest BCUT2D eigenvalue weighted by atomic mass is 19.1. The van der Waals surface area contributed by atoms with Gasteiger partial charge < -0.3 is 15.4 Å². The summed E-state index contributed by atoms with van der Waals surface area (Å²) in [5.74, 6) is -2.21. The maximum Gasteiger partial charge on any atom is 0.339 e. The quantitative estimate of drug-likeness (QED) is 0.784. The molecule has 0 aliphatic carbocycles. The van der Waals surface area contributed by atoms with Crippen LogP contribution in [0.25, 0.3) is 0 Å². The van der Waals surface area contributed by atoms with Crippen LogP contribution in [-0.2, 0) is 9.53 Å². The van der Waals surface area contributed by atoms with E-state index in [1.807, 2.05) is 0 Å².